The molecule has 0 radical (unpaired) electrons. The molecule has 5 aromatic rings. The molecule has 0 aliphatic carbocycles. The summed E-state index contributed by atoms with van der Waals surface area (Å²) >= 11 is 0. The van der Waals surface area contributed by atoms with E-state index in [0.717, 1.165) is 30.6 Å². The number of nitrogens with one attached hydrogen (secondary N) is 2. The van der Waals surface area contributed by atoms with Gasteiger partial charge in [-0.05, 0) is 47.9 Å². The van der Waals surface area contributed by atoms with Crippen LogP contribution in [-0.4, -0.2) is 75.3 Å². The molecule has 2 N–H and O–H groups in total. The standard InChI is InChI=1S/C30H28N6O4/c1-34(2)29(38)18-8-6-17(7-9-18)19-14-23-27-24(15-19)40-20-10-11-35(16-20)12-13-36-30(39)22-5-3-4-21(25(22)33-36)26(32-27)28(37)31-23/h3-9,14-15,20,33H,10-13,16H2,1-2H3,(H,31,37)/t20-/m0/s1. The average molecular weight is 537 g/mol. The van der Waals surface area contributed by atoms with Crippen LogP contribution >= 0.6 is 0 Å². The Hall–Kier alpha value is -4.70. The molecule has 7 rings (SSSR count). The van der Waals surface area contributed by atoms with Crippen molar-refractivity contribution in [3.8, 4) is 28.1 Å². The summed E-state index contributed by atoms with van der Waals surface area (Å²) in [6.07, 6.45) is 0.783. The lowest BCUT2D eigenvalue weighted by Crippen LogP contribution is -2.30. The van der Waals surface area contributed by atoms with Gasteiger partial charge in [0.1, 0.15) is 23.1 Å². The molecule has 10 heteroatoms. The molecule has 2 atom stereocenters. The predicted octanol–water partition coefficient (Wildman–Crippen LogP) is 3.07. The van der Waals surface area contributed by atoms with Crippen molar-refractivity contribution < 1.29 is 9.53 Å². The number of nitrogens with zero attached hydrogens (tertiary/aromatic N) is 4. The van der Waals surface area contributed by atoms with E-state index >= 15 is 0 Å². The second-order valence-corrected chi connectivity index (χ2v) is 10.7. The summed E-state index contributed by atoms with van der Waals surface area (Å²) in [6.45, 7) is 2.80. The lowest BCUT2D eigenvalue weighted by Gasteiger charge is -2.19. The summed E-state index contributed by atoms with van der Waals surface area (Å²) in [5.74, 6) is 0.515. The van der Waals surface area contributed by atoms with E-state index in [0.29, 0.717) is 51.9 Å². The number of hydrogen-bond donors (Lipinski definition) is 2. The van der Waals surface area contributed by atoms with Gasteiger partial charge < -0.3 is 14.6 Å². The van der Waals surface area contributed by atoms with Gasteiger partial charge in [0, 0.05) is 44.9 Å². The third-order valence-corrected chi connectivity index (χ3v) is 7.84. The number of rotatable bonds is 2. The molecule has 3 aromatic carbocycles. The third-order valence-electron chi connectivity index (χ3n) is 7.84. The van der Waals surface area contributed by atoms with E-state index in [1.54, 1.807) is 54.0 Å². The Morgan fingerprint density at radius 3 is 2.65 bits per heavy atom. The molecule has 2 aromatic heterocycles. The second-order valence-electron chi connectivity index (χ2n) is 10.7. The number of carbonyl (C=O) groups is 1. The van der Waals surface area contributed by atoms with Gasteiger partial charge >= 0.3 is 0 Å². The van der Waals surface area contributed by atoms with Gasteiger partial charge in [0.15, 0.2) is 0 Å². The zero-order valence-electron chi connectivity index (χ0n) is 22.2. The highest BCUT2D eigenvalue weighted by molar-refractivity contribution is 5.96. The van der Waals surface area contributed by atoms with Crippen molar-refractivity contribution in [3.05, 3.63) is 80.9 Å². The van der Waals surface area contributed by atoms with Crippen LogP contribution in [0.5, 0.6) is 5.75 Å². The first-order chi connectivity index (χ1) is 19.4. The summed E-state index contributed by atoms with van der Waals surface area (Å²) in [5, 5.41) is 3.76. The van der Waals surface area contributed by atoms with Gasteiger partial charge in [-0.15, -0.1) is 0 Å². The van der Waals surface area contributed by atoms with Crippen LogP contribution < -0.4 is 15.9 Å². The van der Waals surface area contributed by atoms with Crippen LogP contribution in [0.4, 0.5) is 0 Å². The maximum atomic E-state index is 13.4. The van der Waals surface area contributed by atoms with E-state index in [2.05, 4.69) is 15.0 Å². The summed E-state index contributed by atoms with van der Waals surface area (Å²) < 4.78 is 8.19. The van der Waals surface area contributed by atoms with Gasteiger partial charge in [0.2, 0.25) is 0 Å². The minimum absolute atomic E-state index is 0.0579. The molecule has 4 heterocycles. The topological polar surface area (TPSA) is 116 Å². The third kappa shape index (κ3) is 3.99. The van der Waals surface area contributed by atoms with Crippen LogP contribution in [0.25, 0.3) is 44.3 Å². The fourth-order valence-corrected chi connectivity index (χ4v) is 5.72. The predicted molar refractivity (Wildman–Crippen MR) is 153 cm³/mol. The minimum Gasteiger partial charge on any atom is -0.487 e. The average Bonchev–Trinajstić information content (AvgIpc) is 3.54. The van der Waals surface area contributed by atoms with Crippen LogP contribution in [0.15, 0.2) is 64.2 Å². The lowest BCUT2D eigenvalue weighted by atomic mass is 10.0. The number of amides is 1. The van der Waals surface area contributed by atoms with Gasteiger partial charge in [-0.25, -0.2) is 4.98 Å². The van der Waals surface area contributed by atoms with Crippen LogP contribution in [-0.2, 0) is 6.54 Å². The number of aromatic nitrogens is 4. The van der Waals surface area contributed by atoms with E-state index in [4.69, 9.17) is 9.72 Å². The van der Waals surface area contributed by atoms with Crippen molar-refractivity contribution in [3.63, 3.8) is 0 Å². The number of H-pyrrole nitrogens is 2. The van der Waals surface area contributed by atoms with Crippen LogP contribution in [0.1, 0.15) is 16.8 Å². The van der Waals surface area contributed by atoms with Crippen molar-refractivity contribution >= 4 is 27.8 Å². The molecule has 202 valence electrons. The maximum absolute atomic E-state index is 13.4. The molecule has 2 aliphatic heterocycles. The zero-order chi connectivity index (χ0) is 27.5. The van der Waals surface area contributed by atoms with E-state index in [1.807, 2.05) is 24.3 Å². The molecular formula is C30H28N6O4. The molecule has 6 bridgehead atoms. The summed E-state index contributed by atoms with van der Waals surface area (Å²) in [4.78, 5) is 50.6. The largest absolute Gasteiger partial charge is 0.487 e. The quantitative estimate of drug-likeness (QED) is 0.358. The van der Waals surface area contributed by atoms with Crippen molar-refractivity contribution in [1.82, 2.24) is 29.5 Å². The number of para-hydroxylation sites is 1. The summed E-state index contributed by atoms with van der Waals surface area (Å²) in [5.41, 5.74) is 4.33. The molecule has 2 aliphatic rings. The number of ether oxygens (including phenoxy) is 1. The monoisotopic (exact) mass is 536 g/mol. The van der Waals surface area contributed by atoms with E-state index < -0.39 is 0 Å². The Kier molecular flexibility index (Phi) is 5.60. The highest BCUT2D eigenvalue weighted by Crippen LogP contribution is 2.34. The fraction of sp³-hybridized carbons (Fsp3) is 0.267. The Bertz CT molecular complexity index is 1920. The van der Waals surface area contributed by atoms with Crippen molar-refractivity contribution in [2.45, 2.75) is 19.1 Å². The smallest absolute Gasteiger partial charge is 0.275 e. The highest BCUT2D eigenvalue weighted by Gasteiger charge is 2.26. The van der Waals surface area contributed by atoms with E-state index in [9.17, 15) is 14.4 Å². The SMILES string of the molecule is CN(C)C(=O)c1ccc(-c2cc3c4nc(c(=O)[nH]c4c2)-c2cccc4c(=O)n([nH]c24)CCN2CC[C@@H](C2)O3)cc1. The Balaban J connectivity index is 1.43. The molecule has 1 fully saturated rings. The Morgan fingerprint density at radius 2 is 1.85 bits per heavy atom. The lowest BCUT2D eigenvalue weighted by molar-refractivity contribution is 0.0827. The molecule has 10 nitrogen and oxygen atoms in total. The Labute approximate surface area is 228 Å². The Morgan fingerprint density at radius 1 is 1.02 bits per heavy atom. The first-order valence-electron chi connectivity index (χ1n) is 13.4. The number of carbonyl (C=O) groups excluding carboxylic acids is 1. The molecule has 40 heavy (non-hydrogen) atoms. The molecule has 0 spiro atoms. The van der Waals surface area contributed by atoms with E-state index in [1.165, 1.54) is 0 Å². The zero-order valence-corrected chi connectivity index (χ0v) is 22.2. The van der Waals surface area contributed by atoms with Gasteiger partial charge in [0.05, 0.1) is 23.0 Å². The highest BCUT2D eigenvalue weighted by atomic mass is 16.5. The minimum atomic E-state index is -0.359. The van der Waals surface area contributed by atoms with Crippen LogP contribution in [0, 0.1) is 0 Å². The molecular weight excluding hydrogens is 508 g/mol. The van der Waals surface area contributed by atoms with Crippen molar-refractivity contribution in [2.24, 2.45) is 0 Å². The van der Waals surface area contributed by atoms with Gasteiger partial charge in [-0.2, -0.15) is 0 Å². The molecule has 1 saturated heterocycles. The van der Waals surface area contributed by atoms with Crippen LogP contribution in [0.2, 0.25) is 0 Å². The summed E-state index contributed by atoms with van der Waals surface area (Å²) in [6, 6.07) is 16.6. The second kappa shape index (κ2) is 9.20. The first-order valence-corrected chi connectivity index (χ1v) is 13.4. The first kappa shape index (κ1) is 24.3. The number of fused-ring (bicyclic) bond motifs is 5. The molecule has 1 unspecified atom stereocenters. The fourth-order valence-electron chi connectivity index (χ4n) is 5.72. The number of hydrogen-bond acceptors (Lipinski definition) is 6. The molecule has 1 amide bonds. The normalized spacial score (nSPS) is 18.2. The van der Waals surface area contributed by atoms with Gasteiger partial charge in [-0.3, -0.25) is 29.1 Å². The van der Waals surface area contributed by atoms with Gasteiger partial charge in [0.25, 0.3) is 17.0 Å². The number of aromatic amines is 2. The van der Waals surface area contributed by atoms with Crippen LogP contribution in [0.3, 0.4) is 0 Å². The van der Waals surface area contributed by atoms with Crippen molar-refractivity contribution in [2.75, 3.05) is 33.7 Å². The van der Waals surface area contributed by atoms with Crippen molar-refractivity contribution in [1.29, 1.82) is 0 Å². The number of benzene rings is 3. The summed E-state index contributed by atoms with van der Waals surface area (Å²) in [7, 11) is 3.45. The van der Waals surface area contributed by atoms with E-state index in [-0.39, 0.29) is 28.8 Å². The molecule has 0 saturated carbocycles. The van der Waals surface area contributed by atoms with Gasteiger partial charge in [-0.1, -0.05) is 24.3 Å². The maximum Gasteiger partial charge on any atom is 0.275 e.